The molecule has 2 N–H and O–H groups in total. The highest BCUT2D eigenvalue weighted by molar-refractivity contribution is 4.79. The summed E-state index contributed by atoms with van der Waals surface area (Å²) >= 11 is 0. The topological polar surface area (TPSA) is 35.5 Å². The van der Waals surface area contributed by atoms with Crippen LogP contribution in [-0.2, 0) is 0 Å². The first kappa shape index (κ1) is 12.9. The van der Waals surface area contributed by atoms with Crippen LogP contribution in [0.15, 0.2) is 0 Å². The number of nitrogens with zero attached hydrogens (tertiary/aromatic N) is 1. The molecule has 0 aromatic rings. The van der Waals surface area contributed by atoms with Crippen molar-refractivity contribution in [1.29, 1.82) is 0 Å². The minimum Gasteiger partial charge on any atom is -0.390 e. The Labute approximate surface area is 93.9 Å². The third kappa shape index (κ3) is 5.50. The fourth-order valence-electron chi connectivity index (χ4n) is 2.08. The van der Waals surface area contributed by atoms with Gasteiger partial charge in [0.15, 0.2) is 0 Å². The fourth-order valence-corrected chi connectivity index (χ4v) is 2.08. The number of aliphatic hydroxyl groups is 1. The fraction of sp³-hybridized carbons (Fsp3) is 1.00. The lowest BCUT2D eigenvalue weighted by molar-refractivity contribution is 0.0447. The largest absolute Gasteiger partial charge is 0.390 e. The minimum absolute atomic E-state index is 0.425. The third-order valence-electron chi connectivity index (χ3n) is 3.19. The Bertz CT molecular complexity index is 171. The summed E-state index contributed by atoms with van der Waals surface area (Å²) in [6.45, 7) is 9.66. The summed E-state index contributed by atoms with van der Waals surface area (Å²) in [6, 6.07) is 0. The Kier molecular flexibility index (Phi) is 5.58. The predicted molar refractivity (Wildman–Crippen MR) is 64.1 cm³/mol. The van der Waals surface area contributed by atoms with Crippen molar-refractivity contribution < 1.29 is 5.11 Å². The number of hydrogen-bond donors (Lipinski definition) is 2. The van der Waals surface area contributed by atoms with Crippen molar-refractivity contribution in [3.05, 3.63) is 0 Å². The Hall–Kier alpha value is -0.120. The molecular weight excluding hydrogens is 188 g/mol. The van der Waals surface area contributed by atoms with Crippen LogP contribution in [0.25, 0.3) is 0 Å². The molecule has 0 saturated carbocycles. The molecule has 1 heterocycles. The van der Waals surface area contributed by atoms with Gasteiger partial charge < -0.3 is 15.3 Å². The molecule has 1 aliphatic rings. The summed E-state index contributed by atoms with van der Waals surface area (Å²) in [5.74, 6) is 0. The molecule has 0 aromatic heterocycles. The van der Waals surface area contributed by atoms with E-state index >= 15 is 0 Å². The summed E-state index contributed by atoms with van der Waals surface area (Å²) in [5.41, 5.74) is -0.425. The first-order valence-corrected chi connectivity index (χ1v) is 6.29. The van der Waals surface area contributed by atoms with Gasteiger partial charge in [0.25, 0.3) is 0 Å². The molecule has 1 saturated heterocycles. The van der Waals surface area contributed by atoms with Gasteiger partial charge in [0.2, 0.25) is 0 Å². The molecule has 0 amide bonds. The zero-order chi connectivity index (χ0) is 11.1. The molecule has 0 bridgehead atoms. The Morgan fingerprint density at radius 3 is 2.80 bits per heavy atom. The van der Waals surface area contributed by atoms with Gasteiger partial charge in [-0.15, -0.1) is 0 Å². The Balaban J connectivity index is 2.14. The van der Waals surface area contributed by atoms with E-state index in [9.17, 15) is 5.11 Å². The maximum absolute atomic E-state index is 9.94. The molecule has 15 heavy (non-hydrogen) atoms. The van der Waals surface area contributed by atoms with Crippen LogP contribution in [0.4, 0.5) is 0 Å². The monoisotopic (exact) mass is 214 g/mol. The predicted octanol–water partition coefficient (Wildman–Crippen LogP) is 1.22. The molecule has 0 radical (unpaired) electrons. The van der Waals surface area contributed by atoms with E-state index in [1.165, 1.54) is 6.42 Å². The van der Waals surface area contributed by atoms with Crippen LogP contribution >= 0.6 is 0 Å². The van der Waals surface area contributed by atoms with E-state index in [1.54, 1.807) is 0 Å². The number of hydrogen-bond acceptors (Lipinski definition) is 3. The minimum atomic E-state index is -0.425. The molecule has 3 nitrogen and oxygen atoms in total. The molecular formula is C12H26N2O. The second-order valence-electron chi connectivity index (χ2n) is 4.94. The maximum Gasteiger partial charge on any atom is 0.0632 e. The van der Waals surface area contributed by atoms with Crippen molar-refractivity contribution in [3.8, 4) is 0 Å². The average Bonchev–Trinajstić information content (AvgIpc) is 2.35. The molecule has 1 aliphatic heterocycles. The van der Waals surface area contributed by atoms with Crippen LogP contribution in [-0.4, -0.2) is 48.3 Å². The summed E-state index contributed by atoms with van der Waals surface area (Å²) < 4.78 is 0. The van der Waals surface area contributed by atoms with E-state index in [2.05, 4.69) is 17.1 Å². The third-order valence-corrected chi connectivity index (χ3v) is 3.19. The Morgan fingerprint density at radius 2 is 2.07 bits per heavy atom. The molecule has 3 heteroatoms. The van der Waals surface area contributed by atoms with Crippen LogP contribution in [0.2, 0.25) is 0 Å². The van der Waals surface area contributed by atoms with Crippen molar-refractivity contribution in [2.24, 2.45) is 0 Å². The van der Waals surface area contributed by atoms with Crippen LogP contribution in [0.5, 0.6) is 0 Å². The van der Waals surface area contributed by atoms with Gasteiger partial charge in [-0.2, -0.15) is 0 Å². The SMILES string of the molecule is CCCNCCN1CCCC(C)(O)CC1. The highest BCUT2D eigenvalue weighted by Crippen LogP contribution is 2.20. The number of likely N-dealkylation sites (tertiary alicyclic amines) is 1. The molecule has 1 unspecified atom stereocenters. The second-order valence-corrected chi connectivity index (χ2v) is 4.94. The van der Waals surface area contributed by atoms with Gasteiger partial charge in [0, 0.05) is 19.6 Å². The molecule has 1 fully saturated rings. The molecule has 1 atom stereocenters. The van der Waals surface area contributed by atoms with E-state index in [4.69, 9.17) is 0 Å². The number of nitrogens with one attached hydrogen (secondary N) is 1. The van der Waals surface area contributed by atoms with Crippen LogP contribution in [0, 0.1) is 0 Å². The maximum atomic E-state index is 9.94. The number of rotatable bonds is 5. The lowest BCUT2D eigenvalue weighted by Crippen LogP contribution is -2.34. The summed E-state index contributed by atoms with van der Waals surface area (Å²) in [5, 5.41) is 13.4. The smallest absolute Gasteiger partial charge is 0.0632 e. The summed E-state index contributed by atoms with van der Waals surface area (Å²) in [4.78, 5) is 2.46. The molecule has 0 spiro atoms. The van der Waals surface area contributed by atoms with Crippen molar-refractivity contribution in [2.75, 3.05) is 32.7 Å². The highest BCUT2D eigenvalue weighted by Gasteiger charge is 2.24. The summed E-state index contributed by atoms with van der Waals surface area (Å²) in [7, 11) is 0. The van der Waals surface area contributed by atoms with Crippen LogP contribution in [0.1, 0.15) is 39.5 Å². The Morgan fingerprint density at radius 1 is 1.27 bits per heavy atom. The first-order chi connectivity index (χ1) is 7.14. The van der Waals surface area contributed by atoms with Crippen molar-refractivity contribution in [3.63, 3.8) is 0 Å². The molecule has 0 aliphatic carbocycles. The zero-order valence-corrected chi connectivity index (χ0v) is 10.3. The van der Waals surface area contributed by atoms with Gasteiger partial charge in [-0.05, 0) is 45.7 Å². The van der Waals surface area contributed by atoms with Crippen LogP contribution < -0.4 is 5.32 Å². The van der Waals surface area contributed by atoms with E-state index in [-0.39, 0.29) is 0 Å². The van der Waals surface area contributed by atoms with E-state index < -0.39 is 5.60 Å². The molecule has 1 rings (SSSR count). The van der Waals surface area contributed by atoms with E-state index in [0.717, 1.165) is 52.0 Å². The summed E-state index contributed by atoms with van der Waals surface area (Å²) in [6.07, 6.45) is 4.20. The zero-order valence-electron chi connectivity index (χ0n) is 10.3. The van der Waals surface area contributed by atoms with Gasteiger partial charge in [0.1, 0.15) is 0 Å². The van der Waals surface area contributed by atoms with Gasteiger partial charge in [0.05, 0.1) is 5.60 Å². The van der Waals surface area contributed by atoms with E-state index in [0.29, 0.717) is 0 Å². The van der Waals surface area contributed by atoms with E-state index in [1.807, 2.05) is 6.92 Å². The van der Waals surface area contributed by atoms with Gasteiger partial charge in [-0.1, -0.05) is 6.92 Å². The standard InChI is InChI=1S/C12H26N2O/c1-3-7-13-8-11-14-9-4-5-12(2,15)6-10-14/h13,15H,3-11H2,1-2H3. The quantitative estimate of drug-likeness (QED) is 0.676. The lowest BCUT2D eigenvalue weighted by Gasteiger charge is -2.22. The van der Waals surface area contributed by atoms with Crippen molar-refractivity contribution in [1.82, 2.24) is 10.2 Å². The average molecular weight is 214 g/mol. The lowest BCUT2D eigenvalue weighted by atomic mass is 9.98. The van der Waals surface area contributed by atoms with Crippen molar-refractivity contribution >= 4 is 0 Å². The second kappa shape index (κ2) is 6.46. The van der Waals surface area contributed by atoms with Gasteiger partial charge in [-0.25, -0.2) is 0 Å². The van der Waals surface area contributed by atoms with Crippen LogP contribution in [0.3, 0.4) is 0 Å². The molecule has 90 valence electrons. The normalized spacial score (nSPS) is 29.0. The van der Waals surface area contributed by atoms with Gasteiger partial charge in [-0.3, -0.25) is 0 Å². The first-order valence-electron chi connectivity index (χ1n) is 6.29. The van der Waals surface area contributed by atoms with Crippen molar-refractivity contribution in [2.45, 2.75) is 45.1 Å². The molecule has 0 aromatic carbocycles. The van der Waals surface area contributed by atoms with Gasteiger partial charge >= 0.3 is 0 Å². The highest BCUT2D eigenvalue weighted by atomic mass is 16.3.